The summed E-state index contributed by atoms with van der Waals surface area (Å²) in [6, 6.07) is 0. The molecule has 0 amide bonds. The Balaban J connectivity index is 2.46. The molecule has 0 spiro atoms. The summed E-state index contributed by atoms with van der Waals surface area (Å²) in [7, 11) is 2.01. The Hall–Kier alpha value is -1.32. The van der Waals surface area contributed by atoms with E-state index in [2.05, 4.69) is 14.9 Å². The van der Waals surface area contributed by atoms with Crippen molar-refractivity contribution in [1.82, 2.24) is 9.97 Å². The van der Waals surface area contributed by atoms with Gasteiger partial charge in [-0.1, -0.05) is 0 Å². The van der Waals surface area contributed by atoms with Crippen LogP contribution in [0.1, 0.15) is 5.82 Å². The summed E-state index contributed by atoms with van der Waals surface area (Å²) < 4.78 is 5.38. The van der Waals surface area contributed by atoms with Gasteiger partial charge in [0.05, 0.1) is 12.7 Å². The monoisotopic (exact) mass is 165 g/mol. The maximum absolute atomic E-state index is 5.38. The van der Waals surface area contributed by atoms with Crippen molar-refractivity contribution in [2.75, 3.05) is 25.1 Å². The van der Waals surface area contributed by atoms with E-state index >= 15 is 0 Å². The number of hydrogen-bond acceptors (Lipinski definition) is 4. The van der Waals surface area contributed by atoms with Crippen molar-refractivity contribution in [3.63, 3.8) is 0 Å². The number of nitrogens with zero attached hydrogens (tertiary/aromatic N) is 3. The first kappa shape index (κ1) is 7.34. The molecular formula is C8H11N3O. The third kappa shape index (κ3) is 1.09. The summed E-state index contributed by atoms with van der Waals surface area (Å²) >= 11 is 0. The molecule has 0 radical (unpaired) electrons. The molecule has 0 fully saturated rings. The highest BCUT2D eigenvalue weighted by molar-refractivity contribution is 5.54. The van der Waals surface area contributed by atoms with Crippen LogP contribution in [0.2, 0.25) is 0 Å². The van der Waals surface area contributed by atoms with Crippen LogP contribution in [0.4, 0.5) is 5.69 Å². The molecule has 0 aliphatic carbocycles. The van der Waals surface area contributed by atoms with Gasteiger partial charge in [-0.05, 0) is 6.92 Å². The smallest absolute Gasteiger partial charge is 0.241 e. The van der Waals surface area contributed by atoms with Gasteiger partial charge < -0.3 is 9.64 Å². The average molecular weight is 165 g/mol. The van der Waals surface area contributed by atoms with Gasteiger partial charge in [0, 0.05) is 7.05 Å². The number of hydrogen-bond donors (Lipinski definition) is 0. The molecule has 64 valence electrons. The maximum atomic E-state index is 5.38. The Labute approximate surface area is 71.2 Å². The molecule has 4 nitrogen and oxygen atoms in total. The SMILES string of the molecule is Cc1ncc2c(n1)OCCN2C. The van der Waals surface area contributed by atoms with Crippen molar-refractivity contribution in [3.8, 4) is 5.88 Å². The van der Waals surface area contributed by atoms with Crippen LogP contribution in [0.25, 0.3) is 0 Å². The number of aromatic nitrogens is 2. The minimum Gasteiger partial charge on any atom is -0.474 e. The summed E-state index contributed by atoms with van der Waals surface area (Å²) in [4.78, 5) is 10.4. The molecule has 1 aliphatic rings. The Morgan fingerprint density at radius 3 is 3.25 bits per heavy atom. The quantitative estimate of drug-likeness (QED) is 0.564. The molecular weight excluding hydrogens is 154 g/mol. The first-order chi connectivity index (χ1) is 5.77. The van der Waals surface area contributed by atoms with E-state index in [4.69, 9.17) is 4.74 Å². The van der Waals surface area contributed by atoms with Crippen LogP contribution >= 0.6 is 0 Å². The molecule has 1 aromatic heterocycles. The first-order valence-electron chi connectivity index (χ1n) is 3.95. The van der Waals surface area contributed by atoms with Crippen LogP contribution in [-0.2, 0) is 0 Å². The lowest BCUT2D eigenvalue weighted by molar-refractivity contribution is 0.297. The van der Waals surface area contributed by atoms with Crippen LogP contribution in [0.15, 0.2) is 6.20 Å². The largest absolute Gasteiger partial charge is 0.474 e. The van der Waals surface area contributed by atoms with Gasteiger partial charge >= 0.3 is 0 Å². The number of ether oxygens (including phenoxy) is 1. The molecule has 0 aromatic carbocycles. The molecule has 1 aliphatic heterocycles. The zero-order chi connectivity index (χ0) is 8.55. The minimum absolute atomic E-state index is 0.705. The van der Waals surface area contributed by atoms with Crippen LogP contribution in [-0.4, -0.2) is 30.2 Å². The Morgan fingerprint density at radius 1 is 1.58 bits per heavy atom. The second-order valence-electron chi connectivity index (χ2n) is 2.88. The number of anilines is 1. The summed E-state index contributed by atoms with van der Waals surface area (Å²) in [5, 5.41) is 0. The minimum atomic E-state index is 0.705. The van der Waals surface area contributed by atoms with Gasteiger partial charge in [0.1, 0.15) is 18.1 Å². The van der Waals surface area contributed by atoms with Crippen molar-refractivity contribution >= 4 is 5.69 Å². The predicted molar refractivity (Wildman–Crippen MR) is 45.5 cm³/mol. The van der Waals surface area contributed by atoms with Crippen LogP contribution < -0.4 is 9.64 Å². The van der Waals surface area contributed by atoms with Crippen molar-refractivity contribution in [2.24, 2.45) is 0 Å². The molecule has 0 N–H and O–H groups in total. The molecule has 4 heteroatoms. The first-order valence-corrected chi connectivity index (χ1v) is 3.95. The van der Waals surface area contributed by atoms with E-state index in [1.54, 1.807) is 6.20 Å². The van der Waals surface area contributed by atoms with Gasteiger partial charge in [-0.3, -0.25) is 0 Å². The normalized spacial score (nSPS) is 15.3. The zero-order valence-electron chi connectivity index (χ0n) is 7.24. The Morgan fingerprint density at radius 2 is 2.42 bits per heavy atom. The predicted octanol–water partition coefficient (Wildman–Crippen LogP) is 0.614. The van der Waals surface area contributed by atoms with Gasteiger partial charge in [0.25, 0.3) is 0 Å². The van der Waals surface area contributed by atoms with E-state index in [9.17, 15) is 0 Å². The third-order valence-corrected chi connectivity index (χ3v) is 1.93. The van der Waals surface area contributed by atoms with Gasteiger partial charge in [0.2, 0.25) is 5.88 Å². The van der Waals surface area contributed by atoms with E-state index < -0.39 is 0 Å². The van der Waals surface area contributed by atoms with E-state index in [1.807, 2.05) is 14.0 Å². The highest BCUT2D eigenvalue weighted by atomic mass is 16.5. The van der Waals surface area contributed by atoms with Crippen molar-refractivity contribution in [3.05, 3.63) is 12.0 Å². The molecule has 2 heterocycles. The number of rotatable bonds is 0. The van der Waals surface area contributed by atoms with Gasteiger partial charge in [-0.25, -0.2) is 4.98 Å². The summed E-state index contributed by atoms with van der Waals surface area (Å²) in [5.41, 5.74) is 0.979. The van der Waals surface area contributed by atoms with Crippen molar-refractivity contribution in [2.45, 2.75) is 6.92 Å². The number of likely N-dealkylation sites (N-methyl/N-ethyl adjacent to an activating group) is 1. The molecule has 0 atom stereocenters. The fourth-order valence-corrected chi connectivity index (χ4v) is 1.21. The molecule has 1 aromatic rings. The second-order valence-corrected chi connectivity index (χ2v) is 2.88. The maximum Gasteiger partial charge on any atom is 0.241 e. The lowest BCUT2D eigenvalue weighted by Crippen LogP contribution is -2.29. The van der Waals surface area contributed by atoms with E-state index in [0.29, 0.717) is 12.5 Å². The topological polar surface area (TPSA) is 38.3 Å². The standard InChI is InChI=1S/C8H11N3O/c1-6-9-5-7-8(10-6)12-4-3-11(7)2/h5H,3-4H2,1-2H3. The molecule has 12 heavy (non-hydrogen) atoms. The molecule has 0 unspecified atom stereocenters. The molecule has 2 rings (SSSR count). The Bertz CT molecular complexity index is 300. The van der Waals surface area contributed by atoms with Crippen LogP contribution in [0.5, 0.6) is 5.88 Å². The van der Waals surface area contributed by atoms with E-state index in [-0.39, 0.29) is 0 Å². The van der Waals surface area contributed by atoms with Crippen molar-refractivity contribution < 1.29 is 4.74 Å². The number of fused-ring (bicyclic) bond motifs is 1. The fraction of sp³-hybridized carbons (Fsp3) is 0.500. The molecule has 0 saturated carbocycles. The molecule has 0 bridgehead atoms. The van der Waals surface area contributed by atoms with Crippen LogP contribution in [0, 0.1) is 6.92 Å². The average Bonchev–Trinajstić information content (AvgIpc) is 2.04. The zero-order valence-corrected chi connectivity index (χ0v) is 7.24. The number of aryl methyl sites for hydroxylation is 1. The fourth-order valence-electron chi connectivity index (χ4n) is 1.21. The van der Waals surface area contributed by atoms with Gasteiger partial charge in [-0.15, -0.1) is 0 Å². The highest BCUT2D eigenvalue weighted by Crippen LogP contribution is 2.26. The summed E-state index contributed by atoms with van der Waals surface area (Å²) in [5.74, 6) is 1.46. The summed E-state index contributed by atoms with van der Waals surface area (Å²) in [6.07, 6.45) is 1.80. The van der Waals surface area contributed by atoms with Crippen molar-refractivity contribution in [1.29, 1.82) is 0 Å². The lowest BCUT2D eigenvalue weighted by Gasteiger charge is -2.25. The molecule has 0 saturated heterocycles. The summed E-state index contributed by atoms with van der Waals surface area (Å²) in [6.45, 7) is 3.47. The third-order valence-electron chi connectivity index (χ3n) is 1.93. The van der Waals surface area contributed by atoms with Gasteiger partial charge in [0.15, 0.2) is 0 Å². The second kappa shape index (κ2) is 2.62. The van der Waals surface area contributed by atoms with E-state index in [1.165, 1.54) is 0 Å². The Kier molecular flexibility index (Phi) is 1.60. The van der Waals surface area contributed by atoms with E-state index in [0.717, 1.165) is 18.1 Å². The highest BCUT2D eigenvalue weighted by Gasteiger charge is 2.15. The van der Waals surface area contributed by atoms with Crippen LogP contribution in [0.3, 0.4) is 0 Å². The van der Waals surface area contributed by atoms with Gasteiger partial charge in [-0.2, -0.15) is 4.98 Å². The lowest BCUT2D eigenvalue weighted by atomic mass is 10.4.